The molecule has 0 saturated heterocycles. The minimum atomic E-state index is 0.0905. The molecule has 0 aliphatic heterocycles. The Hall–Kier alpha value is -2.50. The van der Waals surface area contributed by atoms with Crippen molar-refractivity contribution in [3.05, 3.63) is 30.0 Å². The second-order valence-corrected chi connectivity index (χ2v) is 6.96. The standard InChI is InChI=1S/C20H28N2O4/c1-13(2)9-20(23)22(14(3)4)12-15-10-19(26-21-15)17-11-16(24-5)7-8-18(17)25-6/h7-8,10-11,13-14H,9,12H2,1-6H3. The van der Waals surface area contributed by atoms with Gasteiger partial charge in [-0.05, 0) is 38.0 Å². The van der Waals surface area contributed by atoms with Gasteiger partial charge in [0.1, 0.15) is 17.2 Å². The van der Waals surface area contributed by atoms with Crippen LogP contribution in [0.2, 0.25) is 0 Å². The predicted molar refractivity (Wildman–Crippen MR) is 100 cm³/mol. The highest BCUT2D eigenvalue weighted by Crippen LogP contribution is 2.34. The van der Waals surface area contributed by atoms with Crippen LogP contribution >= 0.6 is 0 Å². The van der Waals surface area contributed by atoms with Gasteiger partial charge in [0.25, 0.3) is 0 Å². The average Bonchev–Trinajstić information content (AvgIpc) is 3.06. The van der Waals surface area contributed by atoms with E-state index in [0.29, 0.717) is 41.8 Å². The molecule has 0 bridgehead atoms. The maximum absolute atomic E-state index is 12.5. The maximum Gasteiger partial charge on any atom is 0.223 e. The van der Waals surface area contributed by atoms with Crippen molar-refractivity contribution in [2.24, 2.45) is 5.92 Å². The van der Waals surface area contributed by atoms with Gasteiger partial charge in [0.05, 0.1) is 26.3 Å². The van der Waals surface area contributed by atoms with Crippen LogP contribution < -0.4 is 9.47 Å². The molecule has 0 saturated carbocycles. The summed E-state index contributed by atoms with van der Waals surface area (Å²) in [6.07, 6.45) is 0.520. The third kappa shape index (κ3) is 4.77. The van der Waals surface area contributed by atoms with Crippen molar-refractivity contribution in [1.29, 1.82) is 0 Å². The number of methoxy groups -OCH3 is 2. The number of carbonyl (C=O) groups excluding carboxylic acids is 1. The van der Waals surface area contributed by atoms with Crippen LogP contribution in [0.1, 0.15) is 39.8 Å². The Bertz CT molecular complexity index is 737. The zero-order valence-corrected chi connectivity index (χ0v) is 16.4. The molecule has 0 fully saturated rings. The minimum Gasteiger partial charge on any atom is -0.497 e. The van der Waals surface area contributed by atoms with Crippen LogP contribution in [0.5, 0.6) is 11.5 Å². The van der Waals surface area contributed by atoms with E-state index >= 15 is 0 Å². The van der Waals surface area contributed by atoms with Crippen molar-refractivity contribution in [1.82, 2.24) is 10.1 Å². The number of benzene rings is 1. The van der Waals surface area contributed by atoms with E-state index in [9.17, 15) is 4.79 Å². The first-order chi connectivity index (χ1) is 12.3. The lowest BCUT2D eigenvalue weighted by molar-refractivity contribution is -0.134. The van der Waals surface area contributed by atoms with E-state index in [1.165, 1.54) is 0 Å². The van der Waals surface area contributed by atoms with Crippen molar-refractivity contribution < 1.29 is 18.8 Å². The van der Waals surface area contributed by atoms with Gasteiger partial charge in [0, 0.05) is 18.5 Å². The number of amides is 1. The van der Waals surface area contributed by atoms with Crippen molar-refractivity contribution in [3.63, 3.8) is 0 Å². The Balaban J connectivity index is 2.25. The second-order valence-electron chi connectivity index (χ2n) is 6.96. The minimum absolute atomic E-state index is 0.0905. The monoisotopic (exact) mass is 360 g/mol. The predicted octanol–water partition coefficient (Wildman–Crippen LogP) is 4.14. The Labute approximate surface area is 155 Å². The molecule has 0 aliphatic carbocycles. The SMILES string of the molecule is COc1ccc(OC)c(-c2cc(CN(C(=O)CC(C)C)C(C)C)no2)c1. The lowest BCUT2D eigenvalue weighted by Crippen LogP contribution is -2.37. The average molecular weight is 360 g/mol. The summed E-state index contributed by atoms with van der Waals surface area (Å²) in [5.74, 6) is 2.40. The van der Waals surface area contributed by atoms with E-state index in [0.717, 1.165) is 5.56 Å². The smallest absolute Gasteiger partial charge is 0.223 e. The topological polar surface area (TPSA) is 64.8 Å². The number of rotatable bonds is 8. The molecule has 0 unspecified atom stereocenters. The number of hydrogen-bond acceptors (Lipinski definition) is 5. The van der Waals surface area contributed by atoms with Gasteiger partial charge < -0.3 is 18.9 Å². The Kier molecular flexibility index (Phi) is 6.66. The molecule has 0 N–H and O–H groups in total. The summed E-state index contributed by atoms with van der Waals surface area (Å²) in [4.78, 5) is 14.3. The van der Waals surface area contributed by atoms with E-state index in [-0.39, 0.29) is 11.9 Å². The fraction of sp³-hybridized carbons (Fsp3) is 0.500. The van der Waals surface area contributed by atoms with E-state index < -0.39 is 0 Å². The summed E-state index contributed by atoms with van der Waals surface area (Å²) in [6, 6.07) is 7.42. The van der Waals surface area contributed by atoms with Crippen LogP contribution in [0.3, 0.4) is 0 Å². The normalized spacial score (nSPS) is 11.1. The van der Waals surface area contributed by atoms with Crippen LogP contribution in [0.25, 0.3) is 11.3 Å². The largest absolute Gasteiger partial charge is 0.497 e. The molecule has 2 aromatic rings. The zero-order valence-electron chi connectivity index (χ0n) is 16.4. The fourth-order valence-electron chi connectivity index (χ4n) is 2.72. The van der Waals surface area contributed by atoms with Gasteiger partial charge in [0.2, 0.25) is 5.91 Å². The molecule has 1 aromatic carbocycles. The number of carbonyl (C=O) groups is 1. The Morgan fingerprint density at radius 3 is 2.46 bits per heavy atom. The molecule has 6 heteroatoms. The van der Waals surface area contributed by atoms with Gasteiger partial charge in [-0.3, -0.25) is 4.79 Å². The van der Waals surface area contributed by atoms with Crippen molar-refractivity contribution in [3.8, 4) is 22.8 Å². The summed E-state index contributed by atoms with van der Waals surface area (Å²) < 4.78 is 16.2. The molecule has 0 radical (unpaired) electrons. The van der Waals surface area contributed by atoms with Crippen LogP contribution in [-0.4, -0.2) is 36.2 Å². The molecule has 2 rings (SSSR count). The van der Waals surface area contributed by atoms with E-state index in [1.54, 1.807) is 14.2 Å². The summed E-state index contributed by atoms with van der Waals surface area (Å²) >= 11 is 0. The van der Waals surface area contributed by atoms with E-state index in [2.05, 4.69) is 5.16 Å². The van der Waals surface area contributed by atoms with Gasteiger partial charge in [-0.1, -0.05) is 19.0 Å². The zero-order chi connectivity index (χ0) is 19.3. The van der Waals surface area contributed by atoms with Gasteiger partial charge in [-0.25, -0.2) is 0 Å². The molecular formula is C20H28N2O4. The highest BCUT2D eigenvalue weighted by atomic mass is 16.5. The number of aromatic nitrogens is 1. The Morgan fingerprint density at radius 2 is 1.88 bits per heavy atom. The van der Waals surface area contributed by atoms with Gasteiger partial charge in [-0.2, -0.15) is 0 Å². The molecule has 6 nitrogen and oxygen atoms in total. The van der Waals surface area contributed by atoms with E-state index in [4.69, 9.17) is 14.0 Å². The van der Waals surface area contributed by atoms with Crippen molar-refractivity contribution in [2.75, 3.05) is 14.2 Å². The molecule has 0 aliphatic rings. The number of hydrogen-bond donors (Lipinski definition) is 0. The number of ether oxygens (including phenoxy) is 2. The maximum atomic E-state index is 12.5. The molecule has 0 spiro atoms. The summed E-state index contributed by atoms with van der Waals surface area (Å²) in [6.45, 7) is 8.51. The third-order valence-electron chi connectivity index (χ3n) is 4.09. The summed E-state index contributed by atoms with van der Waals surface area (Å²) in [7, 11) is 3.21. The van der Waals surface area contributed by atoms with Crippen LogP contribution in [0, 0.1) is 5.92 Å². The van der Waals surface area contributed by atoms with Gasteiger partial charge in [0.15, 0.2) is 5.76 Å². The first-order valence-corrected chi connectivity index (χ1v) is 8.83. The van der Waals surface area contributed by atoms with Gasteiger partial charge >= 0.3 is 0 Å². The summed E-state index contributed by atoms with van der Waals surface area (Å²) in [5, 5.41) is 4.14. The van der Waals surface area contributed by atoms with Crippen molar-refractivity contribution >= 4 is 5.91 Å². The molecule has 142 valence electrons. The highest BCUT2D eigenvalue weighted by Gasteiger charge is 2.21. The highest BCUT2D eigenvalue weighted by molar-refractivity contribution is 5.76. The first kappa shape index (κ1) is 19.8. The molecule has 0 atom stereocenters. The molecule has 26 heavy (non-hydrogen) atoms. The fourth-order valence-corrected chi connectivity index (χ4v) is 2.72. The van der Waals surface area contributed by atoms with Gasteiger partial charge in [-0.15, -0.1) is 0 Å². The lowest BCUT2D eigenvalue weighted by atomic mass is 10.1. The molecule has 1 amide bonds. The lowest BCUT2D eigenvalue weighted by Gasteiger charge is -2.26. The van der Waals surface area contributed by atoms with Crippen LogP contribution in [0.15, 0.2) is 28.8 Å². The molecular weight excluding hydrogens is 332 g/mol. The molecule has 1 heterocycles. The molecule has 1 aromatic heterocycles. The quantitative estimate of drug-likeness (QED) is 0.708. The number of nitrogens with zero attached hydrogens (tertiary/aromatic N) is 2. The summed E-state index contributed by atoms with van der Waals surface area (Å²) in [5.41, 5.74) is 1.46. The Morgan fingerprint density at radius 1 is 1.15 bits per heavy atom. The van der Waals surface area contributed by atoms with Crippen molar-refractivity contribution in [2.45, 2.75) is 46.7 Å². The second kappa shape index (κ2) is 8.74. The van der Waals surface area contributed by atoms with Crippen LogP contribution in [-0.2, 0) is 11.3 Å². The van der Waals surface area contributed by atoms with E-state index in [1.807, 2.05) is 56.9 Å². The third-order valence-corrected chi connectivity index (χ3v) is 4.09. The first-order valence-electron chi connectivity index (χ1n) is 8.83. The van der Waals surface area contributed by atoms with Crippen LogP contribution in [0.4, 0.5) is 0 Å².